The first-order valence-electron chi connectivity index (χ1n) is 9.07. The lowest BCUT2D eigenvalue weighted by Crippen LogP contribution is -3.14. The Labute approximate surface area is 162 Å². The highest BCUT2D eigenvalue weighted by Crippen LogP contribution is 2.36. The zero-order chi connectivity index (χ0) is 18.4. The van der Waals surface area contributed by atoms with E-state index < -0.39 is 0 Å². The van der Waals surface area contributed by atoms with Crippen molar-refractivity contribution in [1.82, 2.24) is 14.6 Å². The highest BCUT2D eigenvalue weighted by molar-refractivity contribution is 7.17. The summed E-state index contributed by atoms with van der Waals surface area (Å²) in [5.41, 5.74) is 1.13. The van der Waals surface area contributed by atoms with Gasteiger partial charge in [-0.15, -0.1) is 5.10 Å². The topological polar surface area (TPSA) is 54.9 Å². The van der Waals surface area contributed by atoms with Crippen molar-refractivity contribution in [3.8, 4) is 5.88 Å². The van der Waals surface area contributed by atoms with Gasteiger partial charge in [0.2, 0.25) is 10.8 Å². The molecule has 1 aromatic carbocycles. The standard InChI is InChI=1S/C19H23ClN4OS/c1-11-7-12(2)10-23(9-11)16(14-5-4-6-15(20)8-14)17-18(25)24-19(26-17)21-13(3)22-24/h4-6,8,11-12,16,25H,7,9-10H2,1-3H3/p+1/t11-,12+,16-/m1/s1. The molecule has 5 nitrogen and oxygen atoms in total. The van der Waals surface area contributed by atoms with Crippen LogP contribution in [0, 0.1) is 18.8 Å². The van der Waals surface area contributed by atoms with Crippen LogP contribution in [0.4, 0.5) is 0 Å². The van der Waals surface area contributed by atoms with Crippen molar-refractivity contribution < 1.29 is 10.0 Å². The van der Waals surface area contributed by atoms with Crippen molar-refractivity contribution in [3.05, 3.63) is 45.6 Å². The van der Waals surface area contributed by atoms with Crippen LogP contribution in [-0.2, 0) is 0 Å². The molecule has 2 aromatic heterocycles. The molecule has 1 fully saturated rings. The number of quaternary nitrogens is 1. The monoisotopic (exact) mass is 391 g/mol. The van der Waals surface area contributed by atoms with E-state index in [0.29, 0.717) is 17.7 Å². The number of aromatic hydroxyl groups is 1. The zero-order valence-electron chi connectivity index (χ0n) is 15.2. The molecule has 1 unspecified atom stereocenters. The van der Waals surface area contributed by atoms with E-state index in [4.69, 9.17) is 11.6 Å². The minimum Gasteiger partial charge on any atom is -0.492 e. The predicted octanol–water partition coefficient (Wildman–Crippen LogP) is 3.11. The van der Waals surface area contributed by atoms with E-state index in [1.807, 2.05) is 25.1 Å². The summed E-state index contributed by atoms with van der Waals surface area (Å²) < 4.78 is 1.56. The Balaban J connectivity index is 1.84. The van der Waals surface area contributed by atoms with Crippen molar-refractivity contribution in [2.45, 2.75) is 33.2 Å². The van der Waals surface area contributed by atoms with E-state index in [0.717, 1.165) is 33.5 Å². The second kappa shape index (κ2) is 6.83. The summed E-state index contributed by atoms with van der Waals surface area (Å²) in [6.07, 6.45) is 1.26. The van der Waals surface area contributed by atoms with Crippen LogP contribution in [0.1, 0.15) is 42.6 Å². The number of aromatic nitrogens is 3. The van der Waals surface area contributed by atoms with Gasteiger partial charge in [-0.2, -0.15) is 4.52 Å². The van der Waals surface area contributed by atoms with Gasteiger partial charge in [-0.1, -0.05) is 48.9 Å². The Kier molecular flexibility index (Phi) is 4.67. The molecule has 7 heteroatoms. The van der Waals surface area contributed by atoms with Gasteiger partial charge < -0.3 is 10.0 Å². The average molecular weight is 392 g/mol. The first-order valence-corrected chi connectivity index (χ1v) is 10.3. The maximum absolute atomic E-state index is 10.9. The van der Waals surface area contributed by atoms with Crippen LogP contribution in [0.25, 0.3) is 4.96 Å². The number of fused-ring (bicyclic) bond motifs is 1. The molecule has 0 amide bonds. The van der Waals surface area contributed by atoms with Crippen LogP contribution in [-0.4, -0.2) is 32.8 Å². The summed E-state index contributed by atoms with van der Waals surface area (Å²) in [6, 6.07) is 8.04. The number of rotatable bonds is 3. The summed E-state index contributed by atoms with van der Waals surface area (Å²) in [5, 5.41) is 15.9. The van der Waals surface area contributed by atoms with Crippen molar-refractivity contribution >= 4 is 27.9 Å². The number of nitrogens with zero attached hydrogens (tertiary/aromatic N) is 3. The van der Waals surface area contributed by atoms with Crippen LogP contribution in [0.2, 0.25) is 5.02 Å². The molecule has 0 spiro atoms. The lowest BCUT2D eigenvalue weighted by atomic mass is 9.89. The maximum Gasteiger partial charge on any atom is 0.235 e. The fraction of sp³-hybridized carbons (Fsp3) is 0.474. The second-order valence-electron chi connectivity index (χ2n) is 7.64. The summed E-state index contributed by atoms with van der Waals surface area (Å²) in [5.74, 6) is 2.18. The van der Waals surface area contributed by atoms with E-state index in [2.05, 4.69) is 30.0 Å². The lowest BCUT2D eigenvalue weighted by Gasteiger charge is -2.37. The van der Waals surface area contributed by atoms with Crippen molar-refractivity contribution in [2.24, 2.45) is 11.8 Å². The van der Waals surface area contributed by atoms with E-state index in [9.17, 15) is 5.11 Å². The average Bonchev–Trinajstić information content (AvgIpc) is 3.05. The van der Waals surface area contributed by atoms with Crippen LogP contribution in [0.3, 0.4) is 0 Å². The van der Waals surface area contributed by atoms with E-state index in [1.165, 1.54) is 22.7 Å². The molecule has 1 aliphatic rings. The zero-order valence-corrected chi connectivity index (χ0v) is 16.8. The molecule has 0 bridgehead atoms. The van der Waals surface area contributed by atoms with E-state index >= 15 is 0 Å². The molecular weight excluding hydrogens is 368 g/mol. The largest absolute Gasteiger partial charge is 0.492 e. The molecule has 4 atom stereocenters. The molecule has 0 saturated carbocycles. The fourth-order valence-corrected chi connectivity index (χ4v) is 5.75. The predicted molar refractivity (Wildman–Crippen MR) is 104 cm³/mol. The Bertz CT molecular complexity index is 927. The number of piperidine rings is 1. The van der Waals surface area contributed by atoms with Crippen LogP contribution in [0.5, 0.6) is 5.88 Å². The first-order chi connectivity index (χ1) is 12.4. The van der Waals surface area contributed by atoms with Crippen LogP contribution < -0.4 is 4.90 Å². The molecule has 0 radical (unpaired) electrons. The number of halogens is 1. The van der Waals surface area contributed by atoms with Crippen molar-refractivity contribution in [2.75, 3.05) is 13.1 Å². The smallest absolute Gasteiger partial charge is 0.235 e. The minimum absolute atomic E-state index is 0.0349. The molecule has 1 saturated heterocycles. The molecule has 3 aromatic rings. The van der Waals surface area contributed by atoms with Crippen LogP contribution >= 0.6 is 22.9 Å². The summed E-state index contributed by atoms with van der Waals surface area (Å²) in [7, 11) is 0. The third-order valence-corrected chi connectivity index (χ3v) is 6.50. The number of hydrogen-bond acceptors (Lipinski definition) is 4. The summed E-state index contributed by atoms with van der Waals surface area (Å²) >= 11 is 7.82. The van der Waals surface area contributed by atoms with Gasteiger partial charge in [0.05, 0.1) is 13.1 Å². The molecule has 0 aliphatic carbocycles. The Morgan fingerprint density at radius 1 is 1.31 bits per heavy atom. The van der Waals surface area contributed by atoms with Crippen molar-refractivity contribution in [1.29, 1.82) is 0 Å². The van der Waals surface area contributed by atoms with Gasteiger partial charge in [-0.05, 0) is 25.5 Å². The summed E-state index contributed by atoms with van der Waals surface area (Å²) in [4.78, 5) is 7.56. The molecule has 4 rings (SSSR count). The Hall–Kier alpha value is -1.63. The molecule has 2 N–H and O–H groups in total. The minimum atomic E-state index is 0.0349. The lowest BCUT2D eigenvalue weighted by molar-refractivity contribution is -0.936. The first kappa shape index (κ1) is 17.8. The molecule has 1 aliphatic heterocycles. The van der Waals surface area contributed by atoms with E-state index in [-0.39, 0.29) is 11.9 Å². The quantitative estimate of drug-likeness (QED) is 0.721. The number of likely N-dealkylation sites (tertiary alicyclic amines) is 1. The van der Waals surface area contributed by atoms with Gasteiger partial charge in [-0.3, -0.25) is 0 Å². The van der Waals surface area contributed by atoms with Gasteiger partial charge in [-0.25, -0.2) is 4.98 Å². The molecule has 3 heterocycles. The van der Waals surface area contributed by atoms with E-state index in [1.54, 1.807) is 4.52 Å². The Morgan fingerprint density at radius 2 is 2.04 bits per heavy atom. The number of thiazole rings is 1. The highest BCUT2D eigenvalue weighted by atomic mass is 35.5. The number of aryl methyl sites for hydroxylation is 1. The normalized spacial score (nSPS) is 24.8. The van der Waals surface area contributed by atoms with Gasteiger partial charge >= 0.3 is 0 Å². The third kappa shape index (κ3) is 3.21. The molecule has 26 heavy (non-hydrogen) atoms. The Morgan fingerprint density at radius 3 is 2.69 bits per heavy atom. The fourth-order valence-electron chi connectivity index (χ4n) is 4.36. The van der Waals surface area contributed by atoms with Gasteiger partial charge in [0.1, 0.15) is 10.7 Å². The number of nitrogens with one attached hydrogen (secondary N) is 1. The third-order valence-electron chi connectivity index (χ3n) is 5.18. The SMILES string of the molecule is Cc1nc2sc([C@@H](c3cccc(Cl)c3)[NH+]3C[C@H](C)C[C@H](C)C3)c(O)n2n1. The van der Waals surface area contributed by atoms with Gasteiger partial charge in [0, 0.05) is 22.4 Å². The van der Waals surface area contributed by atoms with Gasteiger partial charge in [0.15, 0.2) is 6.04 Å². The van der Waals surface area contributed by atoms with Crippen LogP contribution in [0.15, 0.2) is 24.3 Å². The molecular formula is C19H24ClN4OS+. The molecule has 138 valence electrons. The second-order valence-corrected chi connectivity index (χ2v) is 9.09. The van der Waals surface area contributed by atoms with Gasteiger partial charge in [0.25, 0.3) is 0 Å². The highest BCUT2D eigenvalue weighted by Gasteiger charge is 2.37. The number of hydrogen-bond donors (Lipinski definition) is 2. The summed E-state index contributed by atoms with van der Waals surface area (Å²) in [6.45, 7) is 8.63. The van der Waals surface area contributed by atoms with Crippen molar-refractivity contribution in [3.63, 3.8) is 0 Å². The maximum atomic E-state index is 10.9. The number of benzene rings is 1.